The van der Waals surface area contributed by atoms with Gasteiger partial charge in [-0.05, 0) is 50.0 Å². The molecule has 23 heavy (non-hydrogen) atoms. The fourth-order valence-corrected chi connectivity index (χ4v) is 2.46. The molecular formula is C18H20O4S. The first-order chi connectivity index (χ1) is 11.1. The molecule has 0 aliphatic carbocycles. The average molecular weight is 332 g/mol. The predicted octanol–water partition coefficient (Wildman–Crippen LogP) is 4.75. The minimum Gasteiger partial charge on any atom is -0.493 e. The predicted molar refractivity (Wildman–Crippen MR) is 92.3 cm³/mol. The molecule has 0 unspecified atom stereocenters. The fourth-order valence-electron chi connectivity index (χ4n) is 2.27. The minimum absolute atomic E-state index is 0.380. The van der Waals surface area contributed by atoms with Crippen LogP contribution in [-0.2, 0) is 9.53 Å². The number of aryl methyl sites for hydroxylation is 1. The number of hydrogen-bond acceptors (Lipinski definition) is 5. The maximum absolute atomic E-state index is 10.9. The Labute approximate surface area is 140 Å². The monoisotopic (exact) mass is 332 g/mol. The molecular weight excluding hydrogens is 312 g/mol. The number of esters is 1. The van der Waals surface area contributed by atoms with Gasteiger partial charge in [0, 0.05) is 12.1 Å². The van der Waals surface area contributed by atoms with Crippen molar-refractivity contribution in [1.82, 2.24) is 0 Å². The van der Waals surface area contributed by atoms with E-state index in [-0.39, 0.29) is 5.97 Å². The molecule has 4 nitrogen and oxygen atoms in total. The van der Waals surface area contributed by atoms with Gasteiger partial charge in [0.1, 0.15) is 11.3 Å². The van der Waals surface area contributed by atoms with Crippen molar-refractivity contribution in [2.24, 2.45) is 0 Å². The number of ether oxygens (including phenoxy) is 2. The lowest BCUT2D eigenvalue weighted by atomic mass is 10.1. The summed E-state index contributed by atoms with van der Waals surface area (Å²) in [5, 5.41) is 0.959. The Balaban J connectivity index is 1.87. The first-order valence-corrected chi connectivity index (χ1v) is 7.98. The highest BCUT2D eigenvalue weighted by Crippen LogP contribution is 2.29. The number of carbonyl (C=O) groups excluding carboxylic acids is 1. The second-order valence-corrected chi connectivity index (χ2v) is 5.56. The Hall–Kier alpha value is -2.14. The highest BCUT2D eigenvalue weighted by Gasteiger charge is 2.07. The van der Waals surface area contributed by atoms with Crippen molar-refractivity contribution in [2.75, 3.05) is 13.2 Å². The summed E-state index contributed by atoms with van der Waals surface area (Å²) in [5.41, 5.74) is 1.83. The summed E-state index contributed by atoms with van der Waals surface area (Å²) >= 11 is 5.14. The number of rotatable bonds is 8. The van der Waals surface area contributed by atoms with Crippen LogP contribution in [0.4, 0.5) is 0 Å². The van der Waals surface area contributed by atoms with Crippen molar-refractivity contribution >= 4 is 29.2 Å². The van der Waals surface area contributed by atoms with E-state index in [2.05, 4.69) is 6.58 Å². The van der Waals surface area contributed by atoms with E-state index in [1.807, 2.05) is 25.1 Å². The number of unbranched alkanes of at least 4 members (excludes halogenated alkanes) is 2. The Morgan fingerprint density at radius 3 is 2.87 bits per heavy atom. The fraction of sp³-hybridized carbons (Fsp3) is 0.333. The molecule has 0 aliphatic heterocycles. The van der Waals surface area contributed by atoms with Gasteiger partial charge in [-0.25, -0.2) is 4.79 Å². The molecule has 0 N–H and O–H groups in total. The summed E-state index contributed by atoms with van der Waals surface area (Å²) in [6, 6.07) is 7.58. The van der Waals surface area contributed by atoms with Crippen molar-refractivity contribution in [3.8, 4) is 5.75 Å². The minimum atomic E-state index is -0.380. The van der Waals surface area contributed by atoms with Crippen LogP contribution in [0.5, 0.6) is 5.75 Å². The van der Waals surface area contributed by atoms with Crippen LogP contribution in [-0.4, -0.2) is 19.2 Å². The maximum atomic E-state index is 10.9. The largest absolute Gasteiger partial charge is 0.493 e. The molecule has 0 aliphatic rings. The third-order valence-corrected chi connectivity index (χ3v) is 3.60. The van der Waals surface area contributed by atoms with E-state index in [9.17, 15) is 4.79 Å². The smallest absolute Gasteiger partial charge is 0.330 e. The Morgan fingerprint density at radius 2 is 2.09 bits per heavy atom. The molecule has 5 heteroatoms. The molecule has 0 fully saturated rings. The lowest BCUT2D eigenvalue weighted by Gasteiger charge is -2.10. The van der Waals surface area contributed by atoms with E-state index in [0.29, 0.717) is 17.9 Å². The molecule has 2 aromatic rings. The molecule has 0 bridgehead atoms. The Kier molecular flexibility index (Phi) is 6.35. The molecule has 0 spiro atoms. The van der Waals surface area contributed by atoms with Crippen molar-refractivity contribution in [1.29, 1.82) is 0 Å². The average Bonchev–Trinajstić information content (AvgIpc) is 2.53. The second kappa shape index (κ2) is 8.48. The van der Waals surface area contributed by atoms with Crippen LogP contribution < -0.4 is 4.74 Å². The van der Waals surface area contributed by atoms with Crippen LogP contribution in [0.3, 0.4) is 0 Å². The number of benzene rings is 1. The molecule has 2 rings (SSSR count). The molecule has 0 radical (unpaired) electrons. The third kappa shape index (κ3) is 4.93. The van der Waals surface area contributed by atoms with Crippen LogP contribution in [0.2, 0.25) is 0 Å². The molecule has 0 saturated carbocycles. The zero-order valence-corrected chi connectivity index (χ0v) is 14.0. The standard InChI is InChI=1S/C18H20O4S/c1-3-16(19)21-11-6-4-5-10-20-15-12-17(23)22-14-9-7-8-13(2)18(14)15/h3,7-9,12H,1,4-6,10-11H2,2H3. The summed E-state index contributed by atoms with van der Waals surface area (Å²) < 4.78 is 16.8. The lowest BCUT2D eigenvalue weighted by molar-refractivity contribution is -0.137. The van der Waals surface area contributed by atoms with Crippen LogP contribution in [0, 0.1) is 11.6 Å². The maximum Gasteiger partial charge on any atom is 0.330 e. The molecule has 1 aromatic carbocycles. The van der Waals surface area contributed by atoms with E-state index >= 15 is 0 Å². The Morgan fingerprint density at radius 1 is 1.30 bits per heavy atom. The highest BCUT2D eigenvalue weighted by molar-refractivity contribution is 7.71. The van der Waals surface area contributed by atoms with E-state index in [0.717, 1.165) is 41.5 Å². The van der Waals surface area contributed by atoms with Crippen LogP contribution in [0.1, 0.15) is 24.8 Å². The van der Waals surface area contributed by atoms with Crippen molar-refractivity contribution < 1.29 is 18.7 Å². The molecule has 122 valence electrons. The molecule has 0 atom stereocenters. The molecule has 1 aromatic heterocycles. The van der Waals surface area contributed by atoms with Gasteiger partial charge in [0.2, 0.25) is 0 Å². The molecule has 0 saturated heterocycles. The van der Waals surface area contributed by atoms with Gasteiger partial charge in [0.25, 0.3) is 0 Å². The summed E-state index contributed by atoms with van der Waals surface area (Å²) in [5.74, 6) is 0.377. The first kappa shape index (κ1) is 17.2. The van der Waals surface area contributed by atoms with Crippen LogP contribution in [0.15, 0.2) is 41.3 Å². The SMILES string of the molecule is C=CC(=O)OCCCCCOc1cc(=S)oc2cccc(C)c12. The van der Waals surface area contributed by atoms with E-state index < -0.39 is 0 Å². The van der Waals surface area contributed by atoms with Gasteiger partial charge in [0.15, 0.2) is 4.71 Å². The quantitative estimate of drug-likeness (QED) is 0.302. The number of hydrogen-bond donors (Lipinski definition) is 0. The van der Waals surface area contributed by atoms with Gasteiger partial charge in [-0.3, -0.25) is 0 Å². The van der Waals surface area contributed by atoms with Crippen molar-refractivity contribution in [3.63, 3.8) is 0 Å². The van der Waals surface area contributed by atoms with Gasteiger partial charge in [-0.1, -0.05) is 18.7 Å². The summed E-state index contributed by atoms with van der Waals surface area (Å²) in [6.07, 6.45) is 3.76. The number of carbonyl (C=O) groups is 1. The summed E-state index contributed by atoms with van der Waals surface area (Å²) in [7, 11) is 0. The molecule has 0 amide bonds. The van der Waals surface area contributed by atoms with Crippen LogP contribution >= 0.6 is 12.2 Å². The van der Waals surface area contributed by atoms with Gasteiger partial charge >= 0.3 is 5.97 Å². The first-order valence-electron chi connectivity index (χ1n) is 7.57. The summed E-state index contributed by atoms with van der Waals surface area (Å²) in [6.45, 7) is 6.36. The zero-order chi connectivity index (χ0) is 16.7. The van der Waals surface area contributed by atoms with Gasteiger partial charge < -0.3 is 13.9 Å². The van der Waals surface area contributed by atoms with Gasteiger partial charge in [-0.15, -0.1) is 0 Å². The van der Waals surface area contributed by atoms with E-state index in [1.165, 1.54) is 6.08 Å². The highest BCUT2D eigenvalue weighted by atomic mass is 32.1. The van der Waals surface area contributed by atoms with Crippen LogP contribution in [0.25, 0.3) is 11.0 Å². The second-order valence-electron chi connectivity index (χ2n) is 5.16. The van der Waals surface area contributed by atoms with E-state index in [4.69, 9.17) is 26.1 Å². The van der Waals surface area contributed by atoms with Crippen molar-refractivity contribution in [3.05, 3.63) is 47.2 Å². The van der Waals surface area contributed by atoms with Crippen molar-refractivity contribution in [2.45, 2.75) is 26.2 Å². The van der Waals surface area contributed by atoms with Gasteiger partial charge in [-0.2, -0.15) is 0 Å². The Bertz CT molecular complexity index is 748. The van der Waals surface area contributed by atoms with Gasteiger partial charge in [0.05, 0.1) is 18.6 Å². The summed E-state index contributed by atoms with van der Waals surface area (Å²) in [4.78, 5) is 10.9. The lowest BCUT2D eigenvalue weighted by Crippen LogP contribution is -2.03. The molecule has 1 heterocycles. The zero-order valence-electron chi connectivity index (χ0n) is 13.2. The topological polar surface area (TPSA) is 48.7 Å². The number of fused-ring (bicyclic) bond motifs is 1. The third-order valence-electron chi connectivity index (χ3n) is 3.40. The van der Waals surface area contributed by atoms with E-state index in [1.54, 1.807) is 6.07 Å². The normalized spacial score (nSPS) is 10.5.